The van der Waals surface area contributed by atoms with Gasteiger partial charge in [-0.1, -0.05) is 24.6 Å². The molecule has 1 aromatic heterocycles. The Kier molecular flexibility index (Phi) is 4.93. The SMILES string of the molecule is CCNC(c1cncc(OC)c1)c1ccc(Cl)c(F)c1. The molecule has 0 aliphatic heterocycles. The van der Waals surface area contributed by atoms with E-state index in [0.717, 1.165) is 17.7 Å². The van der Waals surface area contributed by atoms with E-state index in [0.29, 0.717) is 5.75 Å². The molecule has 1 unspecified atom stereocenters. The van der Waals surface area contributed by atoms with Gasteiger partial charge in [0, 0.05) is 6.20 Å². The number of halogens is 2. The van der Waals surface area contributed by atoms with Crippen molar-refractivity contribution in [2.75, 3.05) is 13.7 Å². The second-order valence-corrected chi connectivity index (χ2v) is 4.73. The van der Waals surface area contributed by atoms with Gasteiger partial charge in [-0.3, -0.25) is 4.98 Å². The van der Waals surface area contributed by atoms with E-state index in [2.05, 4.69) is 10.3 Å². The Morgan fingerprint density at radius 2 is 2.10 bits per heavy atom. The van der Waals surface area contributed by atoms with E-state index in [-0.39, 0.29) is 11.1 Å². The number of rotatable bonds is 5. The zero-order chi connectivity index (χ0) is 14.5. The number of methoxy groups -OCH3 is 1. The Labute approximate surface area is 122 Å². The molecule has 0 radical (unpaired) electrons. The lowest BCUT2D eigenvalue weighted by Gasteiger charge is -2.19. The first-order valence-electron chi connectivity index (χ1n) is 6.33. The van der Waals surface area contributed by atoms with Crippen LogP contribution in [0.3, 0.4) is 0 Å². The molecule has 5 heteroatoms. The number of aromatic nitrogens is 1. The number of benzene rings is 1. The highest BCUT2D eigenvalue weighted by Crippen LogP contribution is 2.26. The summed E-state index contributed by atoms with van der Waals surface area (Å²) < 4.78 is 18.8. The first-order chi connectivity index (χ1) is 9.65. The molecule has 0 bridgehead atoms. The quantitative estimate of drug-likeness (QED) is 0.915. The maximum Gasteiger partial charge on any atom is 0.142 e. The summed E-state index contributed by atoms with van der Waals surface area (Å²) in [4.78, 5) is 4.14. The maximum atomic E-state index is 13.6. The van der Waals surface area contributed by atoms with Crippen molar-refractivity contribution in [2.45, 2.75) is 13.0 Å². The van der Waals surface area contributed by atoms with Crippen molar-refractivity contribution >= 4 is 11.6 Å². The highest BCUT2D eigenvalue weighted by Gasteiger charge is 2.15. The van der Waals surface area contributed by atoms with Crippen molar-refractivity contribution in [1.29, 1.82) is 0 Å². The van der Waals surface area contributed by atoms with Gasteiger partial charge in [-0.05, 0) is 35.9 Å². The van der Waals surface area contributed by atoms with E-state index in [1.54, 1.807) is 31.6 Å². The van der Waals surface area contributed by atoms with Gasteiger partial charge in [-0.2, -0.15) is 0 Å². The molecule has 1 atom stereocenters. The Bertz CT molecular complexity index is 592. The summed E-state index contributed by atoms with van der Waals surface area (Å²) >= 11 is 5.73. The first-order valence-corrected chi connectivity index (χ1v) is 6.70. The van der Waals surface area contributed by atoms with Crippen LogP contribution in [0.5, 0.6) is 5.75 Å². The van der Waals surface area contributed by atoms with Crippen LogP contribution in [-0.2, 0) is 0 Å². The number of ether oxygens (including phenoxy) is 1. The summed E-state index contributed by atoms with van der Waals surface area (Å²) in [6.45, 7) is 2.74. The zero-order valence-electron chi connectivity index (χ0n) is 11.4. The van der Waals surface area contributed by atoms with Gasteiger partial charge in [-0.15, -0.1) is 0 Å². The van der Waals surface area contributed by atoms with Crippen LogP contribution in [0.15, 0.2) is 36.7 Å². The third-order valence-corrected chi connectivity index (χ3v) is 3.30. The second-order valence-electron chi connectivity index (χ2n) is 4.32. The molecule has 0 saturated heterocycles. The average molecular weight is 295 g/mol. The van der Waals surface area contributed by atoms with Crippen molar-refractivity contribution in [3.05, 3.63) is 58.6 Å². The van der Waals surface area contributed by atoms with E-state index in [1.807, 2.05) is 13.0 Å². The van der Waals surface area contributed by atoms with Crippen LogP contribution in [-0.4, -0.2) is 18.6 Å². The number of hydrogen-bond acceptors (Lipinski definition) is 3. The van der Waals surface area contributed by atoms with Gasteiger partial charge in [-0.25, -0.2) is 4.39 Å². The Morgan fingerprint density at radius 3 is 2.75 bits per heavy atom. The summed E-state index contributed by atoms with van der Waals surface area (Å²) in [5.41, 5.74) is 1.71. The normalized spacial score (nSPS) is 12.2. The maximum absolute atomic E-state index is 13.6. The van der Waals surface area contributed by atoms with Gasteiger partial charge >= 0.3 is 0 Å². The predicted octanol–water partition coefficient (Wildman–Crippen LogP) is 3.58. The van der Waals surface area contributed by atoms with Crippen molar-refractivity contribution in [3.8, 4) is 5.75 Å². The van der Waals surface area contributed by atoms with E-state index >= 15 is 0 Å². The molecule has 2 aromatic rings. The largest absolute Gasteiger partial charge is 0.495 e. The summed E-state index contributed by atoms with van der Waals surface area (Å²) in [7, 11) is 1.59. The summed E-state index contributed by atoms with van der Waals surface area (Å²) in [5, 5.41) is 3.43. The molecule has 20 heavy (non-hydrogen) atoms. The molecule has 0 fully saturated rings. The van der Waals surface area contributed by atoms with E-state index in [1.165, 1.54) is 6.07 Å². The van der Waals surface area contributed by atoms with E-state index < -0.39 is 5.82 Å². The number of hydrogen-bond donors (Lipinski definition) is 1. The smallest absolute Gasteiger partial charge is 0.142 e. The third kappa shape index (κ3) is 3.26. The van der Waals surface area contributed by atoms with Crippen LogP contribution in [0.25, 0.3) is 0 Å². The standard InChI is InChI=1S/C15H16ClFN2O/c1-3-19-15(10-4-5-13(16)14(17)7-10)11-6-12(20-2)9-18-8-11/h4-9,15,19H,3H2,1-2H3. The molecule has 3 nitrogen and oxygen atoms in total. The van der Waals surface area contributed by atoms with Crippen molar-refractivity contribution in [2.24, 2.45) is 0 Å². The number of pyridine rings is 1. The molecular formula is C15H16ClFN2O. The fourth-order valence-corrected chi connectivity index (χ4v) is 2.15. The van der Waals surface area contributed by atoms with Gasteiger partial charge in [0.05, 0.1) is 24.4 Å². The second kappa shape index (κ2) is 6.68. The van der Waals surface area contributed by atoms with Crippen LogP contribution < -0.4 is 10.1 Å². The minimum atomic E-state index is -0.428. The third-order valence-electron chi connectivity index (χ3n) is 2.99. The summed E-state index contributed by atoms with van der Waals surface area (Å²) in [6.07, 6.45) is 3.37. The number of nitrogens with one attached hydrogen (secondary N) is 1. The van der Waals surface area contributed by atoms with Crippen LogP contribution >= 0.6 is 11.6 Å². The molecule has 106 valence electrons. The molecule has 0 amide bonds. The van der Waals surface area contributed by atoms with E-state index in [9.17, 15) is 4.39 Å². The average Bonchev–Trinajstić information content (AvgIpc) is 2.48. The fraction of sp³-hybridized carbons (Fsp3) is 0.267. The molecule has 2 rings (SSSR count). The Morgan fingerprint density at radius 1 is 1.30 bits per heavy atom. The topological polar surface area (TPSA) is 34.2 Å². The molecular weight excluding hydrogens is 279 g/mol. The number of nitrogens with zero attached hydrogens (tertiary/aromatic N) is 1. The molecule has 1 N–H and O–H groups in total. The van der Waals surface area contributed by atoms with Gasteiger partial charge in [0.2, 0.25) is 0 Å². The lowest BCUT2D eigenvalue weighted by molar-refractivity contribution is 0.411. The van der Waals surface area contributed by atoms with Crippen molar-refractivity contribution in [3.63, 3.8) is 0 Å². The van der Waals surface area contributed by atoms with Gasteiger partial charge in [0.1, 0.15) is 11.6 Å². The van der Waals surface area contributed by atoms with Gasteiger partial charge in [0.25, 0.3) is 0 Å². The molecule has 1 aromatic carbocycles. The van der Waals surface area contributed by atoms with Crippen molar-refractivity contribution < 1.29 is 9.13 Å². The highest BCUT2D eigenvalue weighted by atomic mass is 35.5. The summed E-state index contributed by atoms with van der Waals surface area (Å²) in [5.74, 6) is 0.239. The van der Waals surface area contributed by atoms with Crippen LogP contribution in [0.4, 0.5) is 4.39 Å². The van der Waals surface area contributed by atoms with Crippen LogP contribution in [0.2, 0.25) is 5.02 Å². The molecule has 1 heterocycles. The minimum absolute atomic E-state index is 0.118. The lowest BCUT2D eigenvalue weighted by atomic mass is 10.00. The van der Waals surface area contributed by atoms with Crippen LogP contribution in [0.1, 0.15) is 24.1 Å². The lowest BCUT2D eigenvalue weighted by Crippen LogP contribution is -2.22. The van der Waals surface area contributed by atoms with Crippen molar-refractivity contribution in [1.82, 2.24) is 10.3 Å². The zero-order valence-corrected chi connectivity index (χ0v) is 12.1. The molecule has 0 aliphatic rings. The fourth-order valence-electron chi connectivity index (χ4n) is 2.03. The molecule has 0 aliphatic carbocycles. The molecule has 0 saturated carbocycles. The van der Waals surface area contributed by atoms with E-state index in [4.69, 9.17) is 16.3 Å². The minimum Gasteiger partial charge on any atom is -0.495 e. The monoisotopic (exact) mass is 294 g/mol. The summed E-state index contributed by atoms with van der Waals surface area (Å²) in [6, 6.07) is 6.53. The van der Waals surface area contributed by atoms with Gasteiger partial charge < -0.3 is 10.1 Å². The first kappa shape index (κ1) is 14.8. The van der Waals surface area contributed by atoms with Gasteiger partial charge in [0.15, 0.2) is 0 Å². The highest BCUT2D eigenvalue weighted by molar-refractivity contribution is 6.30. The molecule has 0 spiro atoms. The Balaban J connectivity index is 2.41. The van der Waals surface area contributed by atoms with Crippen LogP contribution in [0, 0.1) is 5.82 Å². The predicted molar refractivity (Wildman–Crippen MR) is 77.7 cm³/mol. The Hall–Kier alpha value is -1.65.